The van der Waals surface area contributed by atoms with Crippen LogP contribution in [-0.4, -0.2) is 25.2 Å². The molecular formula is C15H20BrNO4. The monoisotopic (exact) mass is 357 g/mol. The lowest BCUT2D eigenvalue weighted by Crippen LogP contribution is -2.07. The number of carbonyl (C=O) groups excluding carboxylic acids is 2. The number of rotatable bonds is 8. The first kappa shape index (κ1) is 17.5. The molecule has 6 heteroatoms. The summed E-state index contributed by atoms with van der Waals surface area (Å²) < 4.78 is 10.7. The van der Waals surface area contributed by atoms with Gasteiger partial charge in [0.2, 0.25) is 0 Å². The van der Waals surface area contributed by atoms with Gasteiger partial charge in [-0.2, -0.15) is 0 Å². The number of unbranched alkanes of at least 4 members (excludes halogenated alkanes) is 2. The molecule has 0 fully saturated rings. The molecule has 21 heavy (non-hydrogen) atoms. The van der Waals surface area contributed by atoms with Gasteiger partial charge in [0.1, 0.15) is 0 Å². The molecule has 0 aliphatic rings. The van der Waals surface area contributed by atoms with Crippen LogP contribution in [0.15, 0.2) is 22.7 Å². The number of halogens is 1. The maximum absolute atomic E-state index is 11.8. The van der Waals surface area contributed by atoms with Crippen molar-refractivity contribution in [2.45, 2.75) is 32.6 Å². The topological polar surface area (TPSA) is 78.6 Å². The molecule has 0 aromatic heterocycles. The summed E-state index contributed by atoms with van der Waals surface area (Å²) in [7, 11) is 0. The summed E-state index contributed by atoms with van der Waals surface area (Å²) in [5.74, 6) is -0.570. The van der Waals surface area contributed by atoms with E-state index in [0.717, 1.165) is 23.7 Å². The number of hydrogen-bond donors (Lipinski definition) is 1. The molecule has 116 valence electrons. The highest BCUT2D eigenvalue weighted by atomic mass is 79.9. The average molecular weight is 358 g/mol. The predicted octanol–water partition coefficient (Wildman–Crippen LogP) is 3.31. The Balaban J connectivity index is 2.19. The second-order valence-electron chi connectivity index (χ2n) is 4.49. The van der Waals surface area contributed by atoms with E-state index in [9.17, 15) is 9.59 Å². The summed E-state index contributed by atoms with van der Waals surface area (Å²) in [6.07, 6.45) is 2.68. The molecule has 0 saturated carbocycles. The van der Waals surface area contributed by atoms with E-state index < -0.39 is 0 Å². The normalized spacial score (nSPS) is 10.2. The standard InChI is InChI=1S/C15H20BrNO4/c1-2-20-14(18)6-4-3-5-9-21-15(19)11-7-8-12(16)13(17)10-11/h7-8,10H,2-6,9,17H2,1H3. The van der Waals surface area contributed by atoms with Crippen LogP contribution in [0, 0.1) is 0 Å². The van der Waals surface area contributed by atoms with E-state index in [1.807, 2.05) is 0 Å². The number of hydrogen-bond acceptors (Lipinski definition) is 5. The van der Waals surface area contributed by atoms with E-state index in [2.05, 4.69) is 15.9 Å². The Bertz CT molecular complexity index is 491. The molecule has 0 aliphatic carbocycles. The van der Waals surface area contributed by atoms with Crippen LogP contribution in [0.25, 0.3) is 0 Å². The SMILES string of the molecule is CCOC(=O)CCCCCOC(=O)c1ccc(Br)c(N)c1. The zero-order valence-corrected chi connectivity index (χ0v) is 13.6. The zero-order valence-electron chi connectivity index (χ0n) is 12.1. The molecule has 1 aromatic carbocycles. The highest BCUT2D eigenvalue weighted by molar-refractivity contribution is 9.10. The Hall–Kier alpha value is -1.56. The molecule has 0 saturated heterocycles. The Kier molecular flexibility index (Phi) is 7.82. The fraction of sp³-hybridized carbons (Fsp3) is 0.467. The van der Waals surface area contributed by atoms with Gasteiger partial charge in [-0.1, -0.05) is 0 Å². The zero-order chi connectivity index (χ0) is 15.7. The number of ether oxygens (including phenoxy) is 2. The van der Waals surface area contributed by atoms with Gasteiger partial charge in [-0.15, -0.1) is 0 Å². The molecule has 0 atom stereocenters. The first-order valence-electron chi connectivity index (χ1n) is 6.92. The minimum Gasteiger partial charge on any atom is -0.466 e. The first-order valence-corrected chi connectivity index (χ1v) is 7.71. The maximum atomic E-state index is 11.8. The van der Waals surface area contributed by atoms with Crippen molar-refractivity contribution in [2.24, 2.45) is 0 Å². The minimum absolute atomic E-state index is 0.181. The van der Waals surface area contributed by atoms with Crippen molar-refractivity contribution >= 4 is 33.6 Å². The number of anilines is 1. The molecule has 0 amide bonds. The van der Waals surface area contributed by atoms with Gasteiger partial charge in [0, 0.05) is 16.6 Å². The van der Waals surface area contributed by atoms with Crippen molar-refractivity contribution in [3.63, 3.8) is 0 Å². The molecule has 0 unspecified atom stereocenters. The van der Waals surface area contributed by atoms with Crippen LogP contribution in [0.3, 0.4) is 0 Å². The van der Waals surface area contributed by atoms with Gasteiger partial charge in [0.15, 0.2) is 0 Å². The highest BCUT2D eigenvalue weighted by Gasteiger charge is 2.08. The number of esters is 2. The van der Waals surface area contributed by atoms with Crippen LogP contribution < -0.4 is 5.73 Å². The lowest BCUT2D eigenvalue weighted by atomic mass is 10.2. The molecule has 0 radical (unpaired) electrons. The minimum atomic E-state index is -0.389. The summed E-state index contributed by atoms with van der Waals surface area (Å²) in [6.45, 7) is 2.52. The van der Waals surface area contributed by atoms with Gasteiger partial charge >= 0.3 is 11.9 Å². The van der Waals surface area contributed by atoms with Crippen molar-refractivity contribution in [3.8, 4) is 0 Å². The quantitative estimate of drug-likeness (QED) is 0.438. The van der Waals surface area contributed by atoms with E-state index in [0.29, 0.717) is 30.9 Å². The van der Waals surface area contributed by atoms with Crippen LogP contribution in [0.5, 0.6) is 0 Å². The fourth-order valence-corrected chi connectivity index (χ4v) is 1.95. The summed E-state index contributed by atoms with van der Waals surface area (Å²) in [4.78, 5) is 22.9. The Morgan fingerprint density at radius 1 is 1.19 bits per heavy atom. The predicted molar refractivity (Wildman–Crippen MR) is 83.9 cm³/mol. The Morgan fingerprint density at radius 2 is 1.95 bits per heavy atom. The molecule has 0 aliphatic heterocycles. The number of nitrogens with two attached hydrogens (primary N) is 1. The number of carbonyl (C=O) groups is 2. The van der Waals surface area contributed by atoms with E-state index in [1.165, 1.54) is 0 Å². The van der Waals surface area contributed by atoms with Crippen LogP contribution in [0.2, 0.25) is 0 Å². The Labute approximate surface area is 132 Å². The molecule has 1 rings (SSSR count). The van der Waals surface area contributed by atoms with Crippen molar-refractivity contribution in [3.05, 3.63) is 28.2 Å². The Morgan fingerprint density at radius 3 is 2.62 bits per heavy atom. The average Bonchev–Trinajstić information content (AvgIpc) is 2.45. The van der Waals surface area contributed by atoms with Gasteiger partial charge < -0.3 is 15.2 Å². The van der Waals surface area contributed by atoms with Gasteiger partial charge in [-0.05, 0) is 60.3 Å². The molecule has 5 nitrogen and oxygen atoms in total. The van der Waals surface area contributed by atoms with Crippen molar-refractivity contribution in [1.82, 2.24) is 0 Å². The van der Waals surface area contributed by atoms with Crippen LogP contribution in [0.1, 0.15) is 43.0 Å². The smallest absolute Gasteiger partial charge is 0.338 e. The van der Waals surface area contributed by atoms with Gasteiger partial charge in [0.25, 0.3) is 0 Å². The third-order valence-corrected chi connectivity index (χ3v) is 3.52. The summed E-state index contributed by atoms with van der Waals surface area (Å²) >= 11 is 3.27. The highest BCUT2D eigenvalue weighted by Crippen LogP contribution is 2.20. The second-order valence-corrected chi connectivity index (χ2v) is 5.34. The fourth-order valence-electron chi connectivity index (χ4n) is 1.70. The number of nitrogen functional groups attached to an aromatic ring is 1. The molecule has 2 N–H and O–H groups in total. The molecular weight excluding hydrogens is 338 g/mol. The molecule has 0 spiro atoms. The third kappa shape index (κ3) is 6.62. The van der Waals surface area contributed by atoms with E-state index in [-0.39, 0.29) is 11.9 Å². The van der Waals surface area contributed by atoms with Crippen LogP contribution in [0.4, 0.5) is 5.69 Å². The van der Waals surface area contributed by atoms with Crippen molar-refractivity contribution in [1.29, 1.82) is 0 Å². The summed E-state index contributed by atoms with van der Waals surface area (Å²) in [6, 6.07) is 4.95. The maximum Gasteiger partial charge on any atom is 0.338 e. The van der Waals surface area contributed by atoms with E-state index in [4.69, 9.17) is 15.2 Å². The van der Waals surface area contributed by atoms with Crippen molar-refractivity contribution in [2.75, 3.05) is 18.9 Å². The third-order valence-electron chi connectivity index (χ3n) is 2.80. The number of benzene rings is 1. The van der Waals surface area contributed by atoms with Gasteiger partial charge in [-0.3, -0.25) is 4.79 Å². The van der Waals surface area contributed by atoms with Crippen LogP contribution >= 0.6 is 15.9 Å². The van der Waals surface area contributed by atoms with Gasteiger partial charge in [-0.25, -0.2) is 4.79 Å². The first-order chi connectivity index (χ1) is 10.0. The second kappa shape index (κ2) is 9.39. The summed E-state index contributed by atoms with van der Waals surface area (Å²) in [5, 5.41) is 0. The van der Waals surface area contributed by atoms with Crippen molar-refractivity contribution < 1.29 is 19.1 Å². The summed E-state index contributed by atoms with van der Waals surface area (Å²) in [5.41, 5.74) is 6.64. The van der Waals surface area contributed by atoms with E-state index >= 15 is 0 Å². The lowest BCUT2D eigenvalue weighted by molar-refractivity contribution is -0.143. The molecule has 1 aromatic rings. The van der Waals surface area contributed by atoms with E-state index in [1.54, 1.807) is 25.1 Å². The molecule has 0 bridgehead atoms. The molecule has 0 heterocycles. The lowest BCUT2D eigenvalue weighted by Gasteiger charge is -2.06. The van der Waals surface area contributed by atoms with Gasteiger partial charge in [0.05, 0.1) is 18.8 Å². The largest absolute Gasteiger partial charge is 0.466 e. The van der Waals surface area contributed by atoms with Crippen LogP contribution in [-0.2, 0) is 14.3 Å².